The van der Waals surface area contributed by atoms with Crippen LogP contribution in [0.3, 0.4) is 0 Å². The molecule has 0 aliphatic heterocycles. The lowest BCUT2D eigenvalue weighted by molar-refractivity contribution is -0.167. The van der Waals surface area contributed by atoms with Crippen LogP contribution in [0, 0.1) is 0 Å². The maximum absolute atomic E-state index is 12.7. The van der Waals surface area contributed by atoms with Gasteiger partial charge in [0, 0.05) is 19.3 Å². The lowest BCUT2D eigenvalue weighted by Gasteiger charge is -2.18. The van der Waals surface area contributed by atoms with Crippen LogP contribution < -0.4 is 0 Å². The number of unbranched alkanes of at least 4 members (excludes halogenated alkanes) is 15. The molecule has 56 heavy (non-hydrogen) atoms. The van der Waals surface area contributed by atoms with Gasteiger partial charge in [0.05, 0.1) is 0 Å². The minimum atomic E-state index is -0.801. The highest BCUT2D eigenvalue weighted by atomic mass is 16.6. The average molecular weight is 777 g/mol. The van der Waals surface area contributed by atoms with E-state index in [1.807, 2.05) is 12.2 Å². The first-order valence-corrected chi connectivity index (χ1v) is 22.3. The third kappa shape index (κ3) is 41.5. The smallest absolute Gasteiger partial charge is 0.306 e. The van der Waals surface area contributed by atoms with Crippen LogP contribution in [-0.4, -0.2) is 37.2 Å². The highest BCUT2D eigenvalue weighted by Gasteiger charge is 2.19. The molecule has 0 saturated carbocycles. The Morgan fingerprint density at radius 1 is 0.375 bits per heavy atom. The molecule has 0 N–H and O–H groups in total. The maximum Gasteiger partial charge on any atom is 0.306 e. The molecule has 0 saturated heterocycles. The van der Waals surface area contributed by atoms with Gasteiger partial charge in [-0.05, 0) is 83.5 Å². The van der Waals surface area contributed by atoms with Crippen LogP contribution in [0.1, 0.15) is 181 Å². The first-order valence-electron chi connectivity index (χ1n) is 22.3. The van der Waals surface area contributed by atoms with Crippen molar-refractivity contribution in [1.29, 1.82) is 0 Å². The van der Waals surface area contributed by atoms with E-state index in [1.54, 1.807) is 0 Å². The summed E-state index contributed by atoms with van der Waals surface area (Å²) in [4.78, 5) is 37.7. The Hall–Kier alpha value is -3.67. The lowest BCUT2D eigenvalue weighted by Crippen LogP contribution is -2.30. The summed E-state index contributed by atoms with van der Waals surface area (Å²) in [5.41, 5.74) is 0. The zero-order chi connectivity index (χ0) is 40.8. The van der Waals surface area contributed by atoms with Gasteiger partial charge in [-0.15, -0.1) is 0 Å². The Morgan fingerprint density at radius 3 is 1.18 bits per heavy atom. The molecule has 6 heteroatoms. The van der Waals surface area contributed by atoms with E-state index in [4.69, 9.17) is 14.2 Å². The molecule has 0 amide bonds. The molecule has 0 aromatic rings. The third-order valence-electron chi connectivity index (χ3n) is 8.94. The largest absolute Gasteiger partial charge is 0.462 e. The van der Waals surface area contributed by atoms with Crippen molar-refractivity contribution in [3.63, 3.8) is 0 Å². The Kier molecular flexibility index (Phi) is 41.2. The zero-order valence-corrected chi connectivity index (χ0v) is 35.9. The van der Waals surface area contributed by atoms with Crippen LogP contribution in [0.15, 0.2) is 97.2 Å². The highest BCUT2D eigenvalue weighted by molar-refractivity contribution is 5.71. The molecule has 6 nitrogen and oxygen atoms in total. The van der Waals surface area contributed by atoms with E-state index >= 15 is 0 Å². The first-order chi connectivity index (χ1) is 27.5. The topological polar surface area (TPSA) is 78.9 Å². The zero-order valence-electron chi connectivity index (χ0n) is 35.9. The van der Waals surface area contributed by atoms with Gasteiger partial charge in [-0.3, -0.25) is 14.4 Å². The molecule has 316 valence electrons. The molecule has 0 rings (SSSR count). The molecular formula is C50H80O6. The van der Waals surface area contributed by atoms with Crippen molar-refractivity contribution in [2.75, 3.05) is 13.2 Å². The summed E-state index contributed by atoms with van der Waals surface area (Å²) in [6.45, 7) is 6.18. The number of ether oxygens (including phenoxy) is 3. The van der Waals surface area contributed by atoms with E-state index in [0.29, 0.717) is 19.3 Å². The van der Waals surface area contributed by atoms with Gasteiger partial charge in [0.15, 0.2) is 6.10 Å². The molecule has 1 atom stereocenters. The van der Waals surface area contributed by atoms with Gasteiger partial charge in [0.2, 0.25) is 0 Å². The van der Waals surface area contributed by atoms with Crippen LogP contribution in [0.2, 0.25) is 0 Å². The van der Waals surface area contributed by atoms with Crippen molar-refractivity contribution >= 4 is 17.9 Å². The van der Waals surface area contributed by atoms with Gasteiger partial charge in [-0.2, -0.15) is 0 Å². The molecule has 0 aromatic carbocycles. The standard InChI is InChI=1S/C50H80O6/c1-4-7-10-13-16-19-22-25-28-31-34-37-40-43-49(52)55-46-47(45-54-48(51)42-39-36-33-30-27-24-21-18-15-12-9-6-3)56-50(53)44-41-38-35-32-29-26-23-20-17-14-11-8-5-2/h7-14,16-23,47H,4-6,15,24-46H2,1-3H3/b10-7-,11-8-,12-9-,16-13-,17-14-,21-18-,22-19-,23-20-. The second kappa shape index (κ2) is 44.0. The predicted molar refractivity (Wildman–Crippen MR) is 237 cm³/mol. The fraction of sp³-hybridized carbons (Fsp3) is 0.620. The summed E-state index contributed by atoms with van der Waals surface area (Å²) in [7, 11) is 0. The highest BCUT2D eigenvalue weighted by Crippen LogP contribution is 2.13. The number of carbonyl (C=O) groups excluding carboxylic acids is 3. The lowest BCUT2D eigenvalue weighted by atomic mass is 10.1. The Bertz CT molecular complexity index is 1170. The van der Waals surface area contributed by atoms with Crippen molar-refractivity contribution in [1.82, 2.24) is 0 Å². The Labute approximate surface area is 343 Å². The summed E-state index contributed by atoms with van der Waals surface area (Å²) >= 11 is 0. The summed E-state index contributed by atoms with van der Waals surface area (Å²) in [5, 5.41) is 0. The van der Waals surface area contributed by atoms with Gasteiger partial charge >= 0.3 is 17.9 Å². The fourth-order valence-electron chi connectivity index (χ4n) is 5.65. The van der Waals surface area contributed by atoms with E-state index in [2.05, 4.69) is 106 Å². The van der Waals surface area contributed by atoms with Crippen molar-refractivity contribution in [3.05, 3.63) is 97.2 Å². The molecular weight excluding hydrogens is 697 g/mol. The maximum atomic E-state index is 12.7. The van der Waals surface area contributed by atoms with Gasteiger partial charge < -0.3 is 14.2 Å². The fourth-order valence-corrected chi connectivity index (χ4v) is 5.65. The van der Waals surface area contributed by atoms with Crippen molar-refractivity contribution in [2.45, 2.75) is 187 Å². The molecule has 0 radical (unpaired) electrons. The molecule has 0 fully saturated rings. The summed E-state index contributed by atoms with van der Waals surface area (Å²) in [5.74, 6) is -0.969. The quantitative estimate of drug-likeness (QED) is 0.0204. The molecule has 0 aliphatic carbocycles. The van der Waals surface area contributed by atoms with Crippen LogP contribution in [0.5, 0.6) is 0 Å². The minimum absolute atomic E-state index is 0.102. The van der Waals surface area contributed by atoms with Crippen LogP contribution >= 0.6 is 0 Å². The molecule has 0 heterocycles. The Morgan fingerprint density at radius 2 is 0.732 bits per heavy atom. The molecule has 1 unspecified atom stereocenters. The van der Waals surface area contributed by atoms with E-state index in [-0.39, 0.29) is 31.1 Å². The van der Waals surface area contributed by atoms with E-state index in [9.17, 15) is 14.4 Å². The van der Waals surface area contributed by atoms with Crippen LogP contribution in [0.4, 0.5) is 0 Å². The monoisotopic (exact) mass is 777 g/mol. The summed E-state index contributed by atoms with van der Waals surface area (Å²) < 4.78 is 16.7. The first kappa shape index (κ1) is 52.3. The van der Waals surface area contributed by atoms with Crippen molar-refractivity contribution in [3.8, 4) is 0 Å². The Balaban J connectivity index is 4.49. The van der Waals surface area contributed by atoms with E-state index in [1.165, 1.54) is 0 Å². The molecule has 0 bridgehead atoms. The second-order valence-electron chi connectivity index (χ2n) is 14.3. The predicted octanol–water partition coefficient (Wildman–Crippen LogP) is 14.2. The average Bonchev–Trinajstić information content (AvgIpc) is 3.19. The van der Waals surface area contributed by atoms with Gasteiger partial charge in [-0.25, -0.2) is 0 Å². The van der Waals surface area contributed by atoms with Crippen molar-refractivity contribution in [2.24, 2.45) is 0 Å². The van der Waals surface area contributed by atoms with E-state index < -0.39 is 6.10 Å². The second-order valence-corrected chi connectivity index (χ2v) is 14.3. The van der Waals surface area contributed by atoms with Crippen molar-refractivity contribution < 1.29 is 28.6 Å². The van der Waals surface area contributed by atoms with Crippen LogP contribution in [-0.2, 0) is 28.6 Å². The molecule has 0 aromatic heterocycles. The number of hydrogen-bond donors (Lipinski definition) is 0. The number of esters is 3. The SMILES string of the molecule is CC\C=C/C=C\C=C/CCCCCCCC(=O)OCC(COC(=O)CCCCCCC/C=C\C/C=C\CC)OC(=O)CCCCCCC\C=C/C=C\C=C/CC. The third-order valence-corrected chi connectivity index (χ3v) is 8.94. The molecule has 0 spiro atoms. The number of rotatable bonds is 38. The molecule has 0 aliphatic rings. The van der Waals surface area contributed by atoms with Crippen LogP contribution in [0.25, 0.3) is 0 Å². The summed E-state index contributed by atoms with van der Waals surface area (Å²) in [6, 6.07) is 0. The number of hydrogen-bond acceptors (Lipinski definition) is 6. The van der Waals surface area contributed by atoms with E-state index in [0.717, 1.165) is 141 Å². The number of carbonyl (C=O) groups is 3. The van der Waals surface area contributed by atoms with Gasteiger partial charge in [-0.1, -0.05) is 176 Å². The minimum Gasteiger partial charge on any atom is -0.462 e. The summed E-state index contributed by atoms with van der Waals surface area (Å²) in [6.07, 6.45) is 56.7. The van der Waals surface area contributed by atoms with Gasteiger partial charge in [0.1, 0.15) is 13.2 Å². The number of allylic oxidation sites excluding steroid dienone is 16. The van der Waals surface area contributed by atoms with Gasteiger partial charge in [0.25, 0.3) is 0 Å². The normalized spacial score (nSPS) is 13.0.